The van der Waals surface area contributed by atoms with Gasteiger partial charge in [0, 0.05) is 16.7 Å². The molecule has 0 bridgehead atoms. The second-order valence-corrected chi connectivity index (χ2v) is 7.07. The van der Waals surface area contributed by atoms with Gasteiger partial charge in [0.2, 0.25) is 0 Å². The summed E-state index contributed by atoms with van der Waals surface area (Å²) in [5, 5.41) is 0. The smallest absolute Gasteiger partial charge is 0.346 e. The molecule has 1 saturated heterocycles. The first-order valence-corrected chi connectivity index (χ1v) is 9.42. The van der Waals surface area contributed by atoms with E-state index in [0.717, 1.165) is 33.8 Å². The van der Waals surface area contributed by atoms with E-state index in [-0.39, 0.29) is 0 Å². The number of rotatable bonds is 4. The summed E-state index contributed by atoms with van der Waals surface area (Å²) in [5.41, 5.74) is 4.29. The zero-order valence-electron chi connectivity index (χ0n) is 16.3. The molecule has 0 radical (unpaired) electrons. The van der Waals surface area contributed by atoms with Crippen molar-refractivity contribution in [3.63, 3.8) is 0 Å². The number of allylic oxidation sites excluding steroid dienone is 2. The van der Waals surface area contributed by atoms with E-state index in [1.54, 1.807) is 19.9 Å². The summed E-state index contributed by atoms with van der Waals surface area (Å²) in [6.07, 6.45) is 2.19. The van der Waals surface area contributed by atoms with Gasteiger partial charge in [0.05, 0.1) is 11.1 Å². The van der Waals surface area contributed by atoms with Crippen molar-refractivity contribution in [3.8, 4) is 22.6 Å². The molecular formula is C25H20O4. The van der Waals surface area contributed by atoms with Crippen LogP contribution in [0.25, 0.3) is 22.6 Å². The van der Waals surface area contributed by atoms with Crippen LogP contribution in [0.1, 0.15) is 19.4 Å². The van der Waals surface area contributed by atoms with Crippen molar-refractivity contribution in [2.24, 2.45) is 0 Å². The van der Waals surface area contributed by atoms with Crippen LogP contribution >= 0.6 is 0 Å². The number of carbonyl (C=O) groups is 2. The number of ether oxygens (including phenoxy) is 1. The van der Waals surface area contributed by atoms with Gasteiger partial charge in [0.1, 0.15) is 11.5 Å². The predicted molar refractivity (Wildman–Crippen MR) is 111 cm³/mol. The molecule has 2 aromatic carbocycles. The summed E-state index contributed by atoms with van der Waals surface area (Å²) < 4.78 is 11.0. The molecule has 0 unspecified atom stereocenters. The summed E-state index contributed by atoms with van der Waals surface area (Å²) in [6, 6.07) is 21.7. The van der Waals surface area contributed by atoms with Gasteiger partial charge in [-0.15, -0.1) is 0 Å². The number of carbonyl (C=O) groups excluding carboxylic acids is 2. The van der Waals surface area contributed by atoms with E-state index in [2.05, 4.69) is 0 Å². The molecule has 29 heavy (non-hydrogen) atoms. The van der Waals surface area contributed by atoms with E-state index >= 15 is 0 Å². The topological polar surface area (TPSA) is 56.5 Å². The van der Waals surface area contributed by atoms with Gasteiger partial charge in [-0.2, -0.15) is 0 Å². The number of benzene rings is 2. The molecule has 4 heteroatoms. The van der Waals surface area contributed by atoms with Crippen molar-refractivity contribution < 1.29 is 18.7 Å². The van der Waals surface area contributed by atoms with Crippen molar-refractivity contribution in [2.75, 3.05) is 0 Å². The maximum Gasteiger partial charge on any atom is 0.346 e. The highest BCUT2D eigenvalue weighted by Crippen LogP contribution is 2.34. The van der Waals surface area contributed by atoms with E-state index in [9.17, 15) is 9.59 Å². The van der Waals surface area contributed by atoms with Crippen LogP contribution in [0.5, 0.6) is 0 Å². The molecule has 1 aromatic heterocycles. The lowest BCUT2D eigenvalue weighted by Crippen LogP contribution is -1.97. The van der Waals surface area contributed by atoms with Crippen LogP contribution in [0.2, 0.25) is 0 Å². The number of esters is 2. The van der Waals surface area contributed by atoms with Crippen LogP contribution < -0.4 is 0 Å². The molecule has 4 nitrogen and oxygen atoms in total. The van der Waals surface area contributed by atoms with Gasteiger partial charge >= 0.3 is 11.9 Å². The first-order valence-electron chi connectivity index (χ1n) is 9.42. The number of hydrogen-bond acceptors (Lipinski definition) is 4. The number of furan rings is 1. The Hall–Kier alpha value is -3.66. The maximum absolute atomic E-state index is 12.1. The first-order chi connectivity index (χ1) is 14.0. The normalized spacial score (nSPS) is 15.1. The van der Waals surface area contributed by atoms with E-state index in [0.29, 0.717) is 17.6 Å². The van der Waals surface area contributed by atoms with Crippen molar-refractivity contribution >= 4 is 11.9 Å². The fourth-order valence-corrected chi connectivity index (χ4v) is 3.43. The molecule has 0 atom stereocenters. The number of cyclic esters (lactones) is 2. The molecule has 4 rings (SSSR count). The van der Waals surface area contributed by atoms with Crippen LogP contribution in [0.3, 0.4) is 0 Å². The maximum atomic E-state index is 12.1. The molecular weight excluding hydrogens is 364 g/mol. The Morgan fingerprint density at radius 3 is 2.10 bits per heavy atom. The zero-order chi connectivity index (χ0) is 20.4. The minimum atomic E-state index is -0.598. The third-order valence-electron chi connectivity index (χ3n) is 4.81. The molecule has 3 aromatic rings. The van der Waals surface area contributed by atoms with Crippen LogP contribution in [-0.4, -0.2) is 11.9 Å². The Kier molecular flexibility index (Phi) is 5.00. The van der Waals surface area contributed by atoms with Crippen LogP contribution in [-0.2, 0) is 20.7 Å². The average Bonchev–Trinajstić information content (AvgIpc) is 3.28. The second-order valence-electron chi connectivity index (χ2n) is 7.07. The van der Waals surface area contributed by atoms with Gasteiger partial charge in [-0.1, -0.05) is 72.3 Å². The molecule has 144 valence electrons. The Morgan fingerprint density at radius 1 is 0.862 bits per heavy atom. The molecule has 2 heterocycles. The third kappa shape index (κ3) is 3.69. The number of hydrogen-bond donors (Lipinski definition) is 0. The van der Waals surface area contributed by atoms with Gasteiger partial charge in [-0.05, 0) is 26.3 Å². The van der Waals surface area contributed by atoms with Crippen molar-refractivity contribution in [1.29, 1.82) is 0 Å². The Morgan fingerprint density at radius 2 is 1.48 bits per heavy atom. The quantitative estimate of drug-likeness (QED) is 0.338. The van der Waals surface area contributed by atoms with Gasteiger partial charge in [0.15, 0.2) is 0 Å². The van der Waals surface area contributed by atoms with E-state index in [1.807, 2.05) is 66.7 Å². The SMILES string of the molecule is CC(C)=C1C(=O)OC(=O)/C1=C\Cc1cc(-c2ccccc2)oc1-c1ccccc1. The predicted octanol–water partition coefficient (Wildman–Crippen LogP) is 5.50. The Labute approximate surface area is 169 Å². The van der Waals surface area contributed by atoms with E-state index in [1.165, 1.54) is 0 Å². The lowest BCUT2D eigenvalue weighted by atomic mass is 10.00. The van der Waals surface area contributed by atoms with Crippen molar-refractivity contribution in [1.82, 2.24) is 0 Å². The van der Waals surface area contributed by atoms with E-state index < -0.39 is 11.9 Å². The lowest BCUT2D eigenvalue weighted by Gasteiger charge is -2.01. The van der Waals surface area contributed by atoms with Crippen molar-refractivity contribution in [3.05, 3.63) is 95.1 Å². The fourth-order valence-electron chi connectivity index (χ4n) is 3.43. The Bertz CT molecular complexity index is 1130. The standard InChI is InChI=1S/C25H20O4/c1-16(2)22-20(24(26)29-25(22)27)14-13-19-15-21(17-9-5-3-6-10-17)28-23(19)18-11-7-4-8-12-18/h3-12,14-15H,13H2,1-2H3/b20-14-. The van der Waals surface area contributed by atoms with Crippen LogP contribution in [0, 0.1) is 0 Å². The summed E-state index contributed by atoms with van der Waals surface area (Å²) in [4.78, 5) is 24.1. The summed E-state index contributed by atoms with van der Waals surface area (Å²) in [5.74, 6) is 0.323. The lowest BCUT2D eigenvalue weighted by molar-refractivity contribution is -0.149. The summed E-state index contributed by atoms with van der Waals surface area (Å²) in [6.45, 7) is 3.59. The molecule has 0 aliphatic carbocycles. The average molecular weight is 384 g/mol. The minimum absolute atomic E-state index is 0.316. The minimum Gasteiger partial charge on any atom is -0.456 e. The van der Waals surface area contributed by atoms with Crippen molar-refractivity contribution in [2.45, 2.75) is 20.3 Å². The molecule has 0 spiro atoms. The molecule has 0 saturated carbocycles. The first kappa shape index (κ1) is 18.7. The van der Waals surface area contributed by atoms with Gasteiger partial charge in [0.25, 0.3) is 0 Å². The molecule has 0 amide bonds. The molecule has 1 fully saturated rings. The monoisotopic (exact) mass is 384 g/mol. The third-order valence-corrected chi connectivity index (χ3v) is 4.81. The van der Waals surface area contributed by atoms with Crippen LogP contribution in [0.15, 0.2) is 93.9 Å². The van der Waals surface area contributed by atoms with Gasteiger partial charge in [-0.25, -0.2) is 9.59 Å². The largest absolute Gasteiger partial charge is 0.456 e. The molecule has 1 aliphatic rings. The second kappa shape index (κ2) is 7.76. The highest BCUT2D eigenvalue weighted by atomic mass is 16.6. The van der Waals surface area contributed by atoms with Crippen LogP contribution in [0.4, 0.5) is 0 Å². The highest BCUT2D eigenvalue weighted by molar-refractivity contribution is 6.18. The molecule has 1 aliphatic heterocycles. The Balaban J connectivity index is 1.77. The summed E-state index contributed by atoms with van der Waals surface area (Å²) >= 11 is 0. The highest BCUT2D eigenvalue weighted by Gasteiger charge is 2.34. The summed E-state index contributed by atoms with van der Waals surface area (Å²) in [7, 11) is 0. The zero-order valence-corrected chi connectivity index (χ0v) is 16.3. The molecule has 0 N–H and O–H groups in total. The van der Waals surface area contributed by atoms with Gasteiger partial charge in [-0.3, -0.25) is 0 Å². The van der Waals surface area contributed by atoms with Gasteiger partial charge < -0.3 is 9.15 Å². The van der Waals surface area contributed by atoms with E-state index in [4.69, 9.17) is 9.15 Å². The fraction of sp³-hybridized carbons (Fsp3) is 0.120.